The number of rotatable bonds is 7. The van der Waals surface area contributed by atoms with Crippen LogP contribution in [-0.2, 0) is 4.79 Å². The van der Waals surface area contributed by atoms with Gasteiger partial charge >= 0.3 is 0 Å². The van der Waals surface area contributed by atoms with Crippen molar-refractivity contribution in [1.29, 1.82) is 5.26 Å². The number of nitrogens with zero attached hydrogens (tertiary/aromatic N) is 8. The zero-order valence-corrected chi connectivity index (χ0v) is 28.1. The smallest absolute Gasteiger partial charge is 0.264 e. The highest BCUT2D eigenvalue weighted by atomic mass is 19.1. The van der Waals surface area contributed by atoms with Crippen molar-refractivity contribution in [2.75, 3.05) is 39.0 Å². The van der Waals surface area contributed by atoms with Gasteiger partial charge in [0.05, 0.1) is 11.4 Å². The summed E-state index contributed by atoms with van der Waals surface area (Å²) in [5.74, 6) is 0.274. The van der Waals surface area contributed by atoms with Crippen LogP contribution in [0.15, 0.2) is 66.5 Å². The van der Waals surface area contributed by atoms with Gasteiger partial charge in [0.25, 0.3) is 5.91 Å². The van der Waals surface area contributed by atoms with E-state index in [1.165, 1.54) is 12.4 Å². The van der Waals surface area contributed by atoms with Crippen LogP contribution in [0.25, 0.3) is 22.3 Å². The largest absolute Gasteiger partial charge is 0.457 e. The Kier molecular flexibility index (Phi) is 9.18. The molecule has 2 fully saturated rings. The molecule has 1 amide bonds. The number of nitrogen functional groups attached to an aromatic ring is 1. The topological polar surface area (TPSA) is 129 Å². The number of amides is 1. The lowest BCUT2D eigenvalue weighted by molar-refractivity contribution is -0.128. The molecule has 2 aliphatic heterocycles. The average Bonchev–Trinajstić information content (AvgIpc) is 3.46. The molecule has 11 nitrogen and oxygen atoms in total. The third-order valence-electron chi connectivity index (χ3n) is 9.61. The normalized spacial score (nSPS) is 21.3. The van der Waals surface area contributed by atoms with E-state index >= 15 is 4.39 Å². The summed E-state index contributed by atoms with van der Waals surface area (Å²) in [6, 6.07) is 16.3. The number of fused-ring (bicyclic) bond motifs is 1. The van der Waals surface area contributed by atoms with Gasteiger partial charge in [-0.1, -0.05) is 18.2 Å². The number of aromatic nitrogens is 4. The second kappa shape index (κ2) is 13.3. The third-order valence-corrected chi connectivity index (χ3v) is 9.61. The van der Waals surface area contributed by atoms with E-state index in [4.69, 9.17) is 15.6 Å². The molecule has 48 heavy (non-hydrogen) atoms. The lowest BCUT2D eigenvalue weighted by atomic mass is 9.93. The summed E-state index contributed by atoms with van der Waals surface area (Å²) < 4.78 is 23.2. The molecule has 4 aromatic rings. The van der Waals surface area contributed by atoms with Crippen LogP contribution >= 0.6 is 0 Å². The van der Waals surface area contributed by atoms with Crippen LogP contribution in [0, 0.1) is 17.1 Å². The van der Waals surface area contributed by atoms with E-state index in [1.54, 1.807) is 33.8 Å². The quantitative estimate of drug-likeness (QED) is 0.206. The van der Waals surface area contributed by atoms with Crippen molar-refractivity contribution in [2.24, 2.45) is 0 Å². The monoisotopic (exact) mass is 651 g/mol. The minimum atomic E-state index is -0.533. The Hall–Kier alpha value is -4.86. The Morgan fingerprint density at radius 1 is 1.08 bits per heavy atom. The van der Waals surface area contributed by atoms with Crippen LogP contribution in [0.3, 0.4) is 0 Å². The number of likely N-dealkylation sites (N-methyl/N-ethyl adjacent to an activating group) is 1. The average molecular weight is 652 g/mol. The van der Waals surface area contributed by atoms with Crippen molar-refractivity contribution in [1.82, 2.24) is 34.4 Å². The number of piperidine rings is 1. The molecule has 12 heteroatoms. The highest BCUT2D eigenvalue weighted by Gasteiger charge is 2.37. The van der Waals surface area contributed by atoms with Gasteiger partial charge in [-0.25, -0.2) is 19.0 Å². The minimum Gasteiger partial charge on any atom is -0.457 e. The van der Waals surface area contributed by atoms with Crippen molar-refractivity contribution >= 4 is 22.8 Å². The molecule has 0 spiro atoms. The molecule has 6 rings (SSSR count). The number of nitrogens with two attached hydrogens (primary N) is 1. The van der Waals surface area contributed by atoms with E-state index in [0.717, 1.165) is 13.1 Å². The Morgan fingerprint density at radius 3 is 2.58 bits per heavy atom. The van der Waals surface area contributed by atoms with Crippen molar-refractivity contribution in [3.8, 4) is 28.8 Å². The number of para-hydroxylation sites is 1. The van der Waals surface area contributed by atoms with Crippen molar-refractivity contribution < 1.29 is 13.9 Å². The van der Waals surface area contributed by atoms with Gasteiger partial charge in [0.1, 0.15) is 46.8 Å². The van der Waals surface area contributed by atoms with Gasteiger partial charge in [-0.05, 0) is 77.9 Å². The van der Waals surface area contributed by atoms with Gasteiger partial charge in [-0.2, -0.15) is 10.4 Å². The molecule has 250 valence electrons. The van der Waals surface area contributed by atoms with Crippen molar-refractivity contribution in [2.45, 2.75) is 64.2 Å². The van der Waals surface area contributed by atoms with Crippen molar-refractivity contribution in [3.63, 3.8) is 0 Å². The van der Waals surface area contributed by atoms with E-state index in [1.807, 2.05) is 24.3 Å². The minimum absolute atomic E-state index is 0.122. The summed E-state index contributed by atoms with van der Waals surface area (Å²) in [4.78, 5) is 29.0. The fourth-order valence-corrected chi connectivity index (χ4v) is 7.00. The number of hydrogen-bond acceptors (Lipinski definition) is 9. The number of halogens is 1. The lowest BCUT2D eigenvalue weighted by Gasteiger charge is -2.49. The van der Waals surface area contributed by atoms with E-state index < -0.39 is 11.4 Å². The van der Waals surface area contributed by atoms with Gasteiger partial charge in [0, 0.05) is 55.4 Å². The molecule has 1 unspecified atom stereocenters. The van der Waals surface area contributed by atoms with Gasteiger partial charge in [-0.15, -0.1) is 0 Å². The Bertz CT molecular complexity index is 1880. The zero-order chi connectivity index (χ0) is 34.2. The van der Waals surface area contributed by atoms with Crippen LogP contribution in [0.2, 0.25) is 0 Å². The van der Waals surface area contributed by atoms with E-state index in [-0.39, 0.29) is 34.9 Å². The first-order valence-corrected chi connectivity index (χ1v) is 16.4. The molecule has 2 aromatic heterocycles. The molecule has 2 N–H and O–H groups in total. The molecule has 2 aliphatic rings. The summed E-state index contributed by atoms with van der Waals surface area (Å²) in [7, 11) is 2.12. The number of piperazine rings is 1. The number of nitriles is 1. The van der Waals surface area contributed by atoms with E-state index in [0.29, 0.717) is 60.2 Å². The van der Waals surface area contributed by atoms with Gasteiger partial charge in [0.15, 0.2) is 5.65 Å². The SMILES string of the molecule is C[C@@H]1CN(C)[C@@H](C)CN1C(C)(C)C=C(C#N)C(=O)N1CCCC(n2nc(-c3ccc(Oc4ccccc4)cc3F)c3c(N)ncnc32)C1. The molecule has 4 heterocycles. The lowest BCUT2D eigenvalue weighted by Crippen LogP contribution is -2.61. The van der Waals surface area contributed by atoms with Gasteiger partial charge in [-0.3, -0.25) is 9.69 Å². The zero-order valence-electron chi connectivity index (χ0n) is 28.1. The predicted molar refractivity (Wildman–Crippen MR) is 183 cm³/mol. The first kappa shape index (κ1) is 33.1. The van der Waals surface area contributed by atoms with Crippen LogP contribution in [0.1, 0.15) is 46.6 Å². The number of carbonyl (C=O) groups is 1. The first-order valence-electron chi connectivity index (χ1n) is 16.4. The second-order valence-corrected chi connectivity index (χ2v) is 13.5. The van der Waals surface area contributed by atoms with Crippen LogP contribution in [-0.4, -0.2) is 91.2 Å². The summed E-state index contributed by atoms with van der Waals surface area (Å²) in [5, 5.41) is 15.5. The maximum absolute atomic E-state index is 15.7. The number of anilines is 1. The fourth-order valence-electron chi connectivity index (χ4n) is 7.00. The highest BCUT2D eigenvalue weighted by molar-refractivity contribution is 5.99. The predicted octanol–water partition coefficient (Wildman–Crippen LogP) is 5.42. The number of carbonyl (C=O) groups excluding carboxylic acids is 1. The Balaban J connectivity index is 1.27. The number of benzene rings is 2. The van der Waals surface area contributed by atoms with E-state index in [2.05, 4.69) is 60.6 Å². The van der Waals surface area contributed by atoms with E-state index in [9.17, 15) is 10.1 Å². The third kappa shape index (κ3) is 6.48. The highest BCUT2D eigenvalue weighted by Crippen LogP contribution is 2.37. The maximum atomic E-state index is 15.7. The Morgan fingerprint density at radius 2 is 1.85 bits per heavy atom. The van der Waals surface area contributed by atoms with Crippen molar-refractivity contribution in [3.05, 3.63) is 72.3 Å². The summed E-state index contributed by atoms with van der Waals surface area (Å²) in [6.45, 7) is 11.1. The molecule has 0 bridgehead atoms. The summed E-state index contributed by atoms with van der Waals surface area (Å²) in [5.41, 5.74) is 6.95. The molecular weight excluding hydrogens is 609 g/mol. The van der Waals surface area contributed by atoms with Gasteiger partial charge in [0.2, 0.25) is 0 Å². The van der Waals surface area contributed by atoms with Crippen LogP contribution in [0.4, 0.5) is 10.2 Å². The van der Waals surface area contributed by atoms with Crippen LogP contribution in [0.5, 0.6) is 11.5 Å². The van der Waals surface area contributed by atoms with Crippen LogP contribution < -0.4 is 10.5 Å². The molecule has 0 saturated carbocycles. The molecule has 2 saturated heterocycles. The second-order valence-electron chi connectivity index (χ2n) is 13.5. The number of hydrogen-bond donors (Lipinski definition) is 1. The summed E-state index contributed by atoms with van der Waals surface area (Å²) >= 11 is 0. The number of likely N-dealkylation sites (tertiary alicyclic amines) is 1. The molecule has 2 aromatic carbocycles. The molecule has 0 radical (unpaired) electrons. The first-order chi connectivity index (χ1) is 23.0. The summed E-state index contributed by atoms with van der Waals surface area (Å²) in [6.07, 6.45) is 4.58. The number of ether oxygens (including phenoxy) is 1. The Labute approximate surface area is 280 Å². The molecular formula is C36H42FN9O2. The maximum Gasteiger partial charge on any atom is 0.264 e. The van der Waals surface area contributed by atoms with Gasteiger partial charge < -0.3 is 20.3 Å². The molecule has 3 atom stereocenters. The standard InChI is InChI=1S/C36H42FN9O2/c1-23-20-45(24(2)19-43(23)5)36(3,4)17-25(18-38)35(47)44-15-9-10-26(21-44)46-34-31(33(39)40-22-41-34)32(42-46)29-14-13-28(16-30(29)37)48-27-11-7-6-8-12-27/h6-8,11-14,16-17,22-24,26H,9-10,15,19-21H2,1-5H3,(H2,39,40,41)/t23-,24+,26?/m0/s1. The fraction of sp³-hybridized carbons (Fsp3) is 0.417. The molecule has 0 aliphatic carbocycles.